The summed E-state index contributed by atoms with van der Waals surface area (Å²) in [4.78, 5) is 27.8. The second kappa shape index (κ2) is 5.31. The van der Waals surface area contributed by atoms with Crippen LogP contribution in [0, 0.1) is 6.92 Å². The quantitative estimate of drug-likeness (QED) is 0.745. The van der Waals surface area contributed by atoms with E-state index in [1.165, 1.54) is 4.52 Å². The number of nitrogens with one attached hydrogen (secondary N) is 2. The number of hydrogen-bond donors (Lipinski definition) is 2. The second-order valence-corrected chi connectivity index (χ2v) is 4.69. The standard InChI is InChI=1S/C13H15N7O/c1-3-9(10-15-7-8(2)16-10)17-12(21)11-18-13-14-5-4-6-20(13)19-11/h4-7,9H,3H2,1-2H3,(H,15,16)(H,17,21)/t9-/m1/s1. The third-order valence-corrected chi connectivity index (χ3v) is 3.09. The van der Waals surface area contributed by atoms with Crippen LogP contribution in [0.3, 0.4) is 0 Å². The summed E-state index contributed by atoms with van der Waals surface area (Å²) in [6.07, 6.45) is 5.74. The van der Waals surface area contributed by atoms with Gasteiger partial charge >= 0.3 is 0 Å². The van der Waals surface area contributed by atoms with Crippen LogP contribution < -0.4 is 5.32 Å². The molecule has 0 saturated heterocycles. The Labute approximate surface area is 120 Å². The van der Waals surface area contributed by atoms with Crippen molar-refractivity contribution in [1.82, 2.24) is 34.9 Å². The third kappa shape index (κ3) is 2.60. The summed E-state index contributed by atoms with van der Waals surface area (Å²) in [5.41, 5.74) is 0.952. The maximum absolute atomic E-state index is 12.2. The van der Waals surface area contributed by atoms with Crippen molar-refractivity contribution < 1.29 is 4.79 Å². The Morgan fingerprint density at radius 1 is 1.48 bits per heavy atom. The second-order valence-electron chi connectivity index (χ2n) is 4.69. The van der Waals surface area contributed by atoms with Gasteiger partial charge in [0, 0.05) is 24.3 Å². The number of aryl methyl sites for hydroxylation is 1. The third-order valence-electron chi connectivity index (χ3n) is 3.09. The number of fused-ring (bicyclic) bond motifs is 1. The van der Waals surface area contributed by atoms with Gasteiger partial charge in [0.25, 0.3) is 11.7 Å². The van der Waals surface area contributed by atoms with Crippen molar-refractivity contribution >= 4 is 11.7 Å². The molecule has 0 aliphatic rings. The Balaban J connectivity index is 1.81. The number of amides is 1. The molecule has 0 radical (unpaired) electrons. The van der Waals surface area contributed by atoms with Gasteiger partial charge in [0.2, 0.25) is 5.82 Å². The average Bonchev–Trinajstić information content (AvgIpc) is 3.10. The van der Waals surface area contributed by atoms with Gasteiger partial charge in [-0.15, -0.1) is 5.10 Å². The molecular formula is C13H15N7O. The summed E-state index contributed by atoms with van der Waals surface area (Å²) in [5, 5.41) is 6.97. The number of aromatic nitrogens is 6. The zero-order chi connectivity index (χ0) is 14.8. The molecule has 1 amide bonds. The van der Waals surface area contributed by atoms with Crippen LogP contribution in [-0.4, -0.2) is 35.5 Å². The van der Waals surface area contributed by atoms with Crippen molar-refractivity contribution in [3.8, 4) is 0 Å². The molecule has 0 aromatic carbocycles. The first-order valence-corrected chi connectivity index (χ1v) is 6.67. The molecule has 0 aliphatic heterocycles. The van der Waals surface area contributed by atoms with E-state index in [0.29, 0.717) is 12.2 Å². The lowest BCUT2D eigenvalue weighted by Crippen LogP contribution is -2.29. The maximum atomic E-state index is 12.2. The molecule has 3 aromatic rings. The average molecular weight is 285 g/mol. The van der Waals surface area contributed by atoms with Crippen LogP contribution in [0.15, 0.2) is 24.7 Å². The molecule has 0 aliphatic carbocycles. The van der Waals surface area contributed by atoms with Crippen molar-refractivity contribution in [1.29, 1.82) is 0 Å². The predicted molar refractivity (Wildman–Crippen MR) is 74.6 cm³/mol. The summed E-state index contributed by atoms with van der Waals surface area (Å²) in [5.74, 6) is 0.867. The number of imidazole rings is 1. The minimum atomic E-state index is -0.346. The summed E-state index contributed by atoms with van der Waals surface area (Å²) in [7, 11) is 0. The molecule has 0 bridgehead atoms. The molecule has 3 rings (SSSR count). The number of hydrogen-bond acceptors (Lipinski definition) is 5. The van der Waals surface area contributed by atoms with Crippen LogP contribution in [0.4, 0.5) is 0 Å². The van der Waals surface area contributed by atoms with Gasteiger partial charge in [-0.3, -0.25) is 4.79 Å². The molecule has 0 saturated carbocycles. The van der Waals surface area contributed by atoms with Gasteiger partial charge in [0.05, 0.1) is 6.04 Å². The van der Waals surface area contributed by atoms with Crippen LogP contribution in [0.5, 0.6) is 0 Å². The number of carbonyl (C=O) groups is 1. The van der Waals surface area contributed by atoms with Gasteiger partial charge in [-0.2, -0.15) is 4.98 Å². The monoisotopic (exact) mass is 285 g/mol. The highest BCUT2D eigenvalue weighted by molar-refractivity contribution is 5.91. The normalized spacial score (nSPS) is 12.5. The summed E-state index contributed by atoms with van der Waals surface area (Å²) in [6, 6.07) is 1.52. The van der Waals surface area contributed by atoms with Crippen LogP contribution in [0.1, 0.15) is 41.5 Å². The van der Waals surface area contributed by atoms with E-state index in [-0.39, 0.29) is 17.8 Å². The van der Waals surface area contributed by atoms with Gasteiger partial charge in [-0.05, 0) is 19.4 Å². The smallest absolute Gasteiger partial charge is 0.291 e. The first-order valence-electron chi connectivity index (χ1n) is 6.67. The number of H-pyrrole nitrogens is 1. The van der Waals surface area contributed by atoms with Crippen molar-refractivity contribution in [2.24, 2.45) is 0 Å². The number of carbonyl (C=O) groups excluding carboxylic acids is 1. The van der Waals surface area contributed by atoms with Crippen LogP contribution >= 0.6 is 0 Å². The van der Waals surface area contributed by atoms with E-state index < -0.39 is 0 Å². The SMILES string of the molecule is CC[C@@H](NC(=O)c1nc2ncccn2n1)c1ncc(C)[nH]1. The molecule has 8 nitrogen and oxygen atoms in total. The van der Waals surface area contributed by atoms with Gasteiger partial charge in [0.1, 0.15) is 5.82 Å². The first kappa shape index (κ1) is 13.2. The lowest BCUT2D eigenvalue weighted by molar-refractivity contribution is 0.0923. The summed E-state index contributed by atoms with van der Waals surface area (Å²) in [6.45, 7) is 3.89. The van der Waals surface area contributed by atoms with E-state index in [2.05, 4.69) is 30.4 Å². The van der Waals surface area contributed by atoms with Crippen molar-refractivity contribution in [3.63, 3.8) is 0 Å². The topological polar surface area (TPSA) is 101 Å². The molecule has 1 atom stereocenters. The Bertz CT molecular complexity index is 743. The molecule has 8 heteroatoms. The van der Waals surface area contributed by atoms with Gasteiger partial charge in [-0.1, -0.05) is 6.92 Å². The van der Waals surface area contributed by atoms with E-state index >= 15 is 0 Å². The molecule has 0 unspecified atom stereocenters. The Morgan fingerprint density at radius 3 is 3.00 bits per heavy atom. The number of nitrogens with zero attached hydrogens (tertiary/aromatic N) is 5. The fourth-order valence-electron chi connectivity index (χ4n) is 2.03. The lowest BCUT2D eigenvalue weighted by Gasteiger charge is -2.13. The van der Waals surface area contributed by atoms with Crippen LogP contribution in [-0.2, 0) is 0 Å². The van der Waals surface area contributed by atoms with Crippen LogP contribution in [0.25, 0.3) is 5.78 Å². The van der Waals surface area contributed by atoms with E-state index in [4.69, 9.17) is 0 Å². The van der Waals surface area contributed by atoms with Crippen LogP contribution in [0.2, 0.25) is 0 Å². The minimum Gasteiger partial charge on any atom is -0.344 e. The van der Waals surface area contributed by atoms with E-state index in [1.54, 1.807) is 24.7 Å². The number of rotatable bonds is 4. The van der Waals surface area contributed by atoms with Gasteiger partial charge < -0.3 is 10.3 Å². The van der Waals surface area contributed by atoms with Crippen molar-refractivity contribution in [2.75, 3.05) is 0 Å². The molecule has 0 spiro atoms. The Hall–Kier alpha value is -2.77. The summed E-state index contributed by atoms with van der Waals surface area (Å²) >= 11 is 0. The van der Waals surface area contributed by atoms with Crippen molar-refractivity contribution in [3.05, 3.63) is 42.0 Å². The highest BCUT2D eigenvalue weighted by Crippen LogP contribution is 2.13. The van der Waals surface area contributed by atoms with Crippen molar-refractivity contribution in [2.45, 2.75) is 26.3 Å². The predicted octanol–water partition coefficient (Wildman–Crippen LogP) is 1.04. The fourth-order valence-corrected chi connectivity index (χ4v) is 2.03. The highest BCUT2D eigenvalue weighted by Gasteiger charge is 2.19. The molecule has 0 fully saturated rings. The zero-order valence-corrected chi connectivity index (χ0v) is 11.7. The molecule has 2 N–H and O–H groups in total. The molecule has 3 aromatic heterocycles. The van der Waals surface area contributed by atoms with E-state index in [1.807, 2.05) is 13.8 Å². The van der Waals surface area contributed by atoms with E-state index in [9.17, 15) is 4.79 Å². The fraction of sp³-hybridized carbons (Fsp3) is 0.308. The number of aromatic amines is 1. The Kier molecular flexibility index (Phi) is 3.35. The molecule has 3 heterocycles. The van der Waals surface area contributed by atoms with Gasteiger partial charge in [0.15, 0.2) is 0 Å². The maximum Gasteiger partial charge on any atom is 0.291 e. The molecule has 108 valence electrons. The first-order chi connectivity index (χ1) is 10.2. The largest absolute Gasteiger partial charge is 0.344 e. The molecular weight excluding hydrogens is 270 g/mol. The van der Waals surface area contributed by atoms with Gasteiger partial charge in [-0.25, -0.2) is 14.5 Å². The lowest BCUT2D eigenvalue weighted by atomic mass is 10.2. The zero-order valence-electron chi connectivity index (χ0n) is 11.7. The summed E-state index contributed by atoms with van der Waals surface area (Å²) < 4.78 is 1.47. The Morgan fingerprint density at radius 2 is 2.33 bits per heavy atom. The highest BCUT2D eigenvalue weighted by atomic mass is 16.2. The minimum absolute atomic E-state index is 0.0930. The molecule has 21 heavy (non-hydrogen) atoms. The van der Waals surface area contributed by atoms with E-state index in [0.717, 1.165) is 11.5 Å².